The molecule has 0 saturated carbocycles. The molecule has 4 amide bonds. The minimum atomic E-state index is -0.780. The molecule has 4 N–H and O–H groups in total. The first-order valence-electron chi connectivity index (χ1n) is 24.6. The van der Waals surface area contributed by atoms with Crippen LogP contribution >= 0.6 is 0 Å². The zero-order valence-electron chi connectivity index (χ0n) is 41.0. The molecule has 17 nitrogen and oxygen atoms in total. The molecule has 71 heavy (non-hydrogen) atoms. The number of carbonyl (C=O) groups excluding carboxylic acids is 4. The molecule has 2 fully saturated rings. The van der Waals surface area contributed by atoms with Crippen molar-refractivity contribution in [3.8, 4) is 45.3 Å². The van der Waals surface area contributed by atoms with Crippen molar-refractivity contribution in [1.29, 1.82) is 0 Å². The molecule has 2 saturated heterocycles. The van der Waals surface area contributed by atoms with Gasteiger partial charge in [0, 0.05) is 35.2 Å². The van der Waals surface area contributed by atoms with Crippen LogP contribution in [-0.4, -0.2) is 104 Å². The average molecular weight is 970 g/mol. The Labute approximate surface area is 410 Å². The predicted molar refractivity (Wildman–Crippen MR) is 262 cm³/mol. The number of aromatic amines is 2. The number of aryl methyl sites for hydroxylation is 1. The van der Waals surface area contributed by atoms with Gasteiger partial charge in [0.15, 0.2) is 0 Å². The van der Waals surface area contributed by atoms with Crippen molar-refractivity contribution < 1.29 is 42.5 Å². The maximum atomic E-state index is 17.0. The fraction of sp³-hybridized carbons (Fsp3) is 0.434. The summed E-state index contributed by atoms with van der Waals surface area (Å²) < 4.78 is 42.0. The number of nitrogens with zero attached hydrogens (tertiary/aromatic N) is 5. The van der Waals surface area contributed by atoms with E-state index in [-0.39, 0.29) is 41.8 Å². The first-order chi connectivity index (χ1) is 34.2. The van der Waals surface area contributed by atoms with Crippen molar-refractivity contribution in [2.75, 3.05) is 27.3 Å². The predicted octanol–water partition coefficient (Wildman–Crippen LogP) is 8.97. The largest absolute Gasteiger partial charge is 0.490 e. The number of hydrogen-bond donors (Lipinski definition) is 4. The van der Waals surface area contributed by atoms with Gasteiger partial charge in [-0.05, 0) is 99.2 Å². The minimum absolute atomic E-state index is 0.0615. The van der Waals surface area contributed by atoms with Crippen LogP contribution in [0.15, 0.2) is 67.0 Å². The molecule has 0 spiro atoms. The summed E-state index contributed by atoms with van der Waals surface area (Å²) in [5.74, 6) is 1.13. The van der Waals surface area contributed by atoms with Crippen LogP contribution in [-0.2, 0) is 25.5 Å². The van der Waals surface area contributed by atoms with E-state index in [4.69, 9.17) is 28.9 Å². The van der Waals surface area contributed by atoms with Crippen molar-refractivity contribution in [3.05, 3.63) is 95.6 Å². The van der Waals surface area contributed by atoms with Crippen LogP contribution in [0.4, 0.5) is 14.0 Å². The number of rotatable bonds is 11. The number of fused-ring (bicyclic) bond motifs is 6. The van der Waals surface area contributed by atoms with E-state index >= 15 is 4.39 Å². The highest BCUT2D eigenvalue weighted by Crippen LogP contribution is 2.48. The van der Waals surface area contributed by atoms with E-state index in [0.717, 1.165) is 64.7 Å². The second-order valence-electron chi connectivity index (χ2n) is 19.8. The Morgan fingerprint density at radius 1 is 0.732 bits per heavy atom. The number of likely N-dealkylation sites (tertiary alicyclic amines) is 2. The van der Waals surface area contributed by atoms with E-state index in [1.807, 2.05) is 68.7 Å². The quantitative estimate of drug-likeness (QED) is 0.0972. The molecule has 0 radical (unpaired) electrons. The van der Waals surface area contributed by atoms with Gasteiger partial charge in [-0.2, -0.15) is 0 Å². The van der Waals surface area contributed by atoms with Crippen LogP contribution in [0.5, 0.6) is 11.5 Å². The van der Waals surface area contributed by atoms with Gasteiger partial charge in [-0.1, -0.05) is 45.9 Å². The third-order valence-electron chi connectivity index (χ3n) is 14.4. The molecule has 0 aliphatic carbocycles. The molecule has 6 aromatic rings. The van der Waals surface area contributed by atoms with Gasteiger partial charge in [0.2, 0.25) is 18.0 Å². The number of benzene rings is 3. The van der Waals surface area contributed by atoms with E-state index in [1.165, 1.54) is 20.3 Å². The zero-order valence-corrected chi connectivity index (χ0v) is 41.0. The van der Waals surface area contributed by atoms with Crippen molar-refractivity contribution in [2.24, 2.45) is 11.8 Å². The molecule has 10 rings (SSSR count). The molecule has 3 aromatic carbocycles. The lowest BCUT2D eigenvalue weighted by atomic mass is 9.99. The minimum Gasteiger partial charge on any atom is -0.490 e. The number of imidazole rings is 2. The summed E-state index contributed by atoms with van der Waals surface area (Å²) in [5.41, 5.74) is 6.42. The fourth-order valence-electron chi connectivity index (χ4n) is 10.7. The Bertz CT molecular complexity index is 3030. The summed E-state index contributed by atoms with van der Waals surface area (Å²) in [5, 5.41) is 6.25. The average Bonchev–Trinajstić information content (AvgIpc) is 4.23. The van der Waals surface area contributed by atoms with Gasteiger partial charge < -0.3 is 53.9 Å². The maximum absolute atomic E-state index is 17.0. The Kier molecular flexibility index (Phi) is 12.7. The summed E-state index contributed by atoms with van der Waals surface area (Å²) >= 11 is 0. The van der Waals surface area contributed by atoms with Gasteiger partial charge in [0.1, 0.15) is 41.0 Å². The van der Waals surface area contributed by atoms with Gasteiger partial charge in [0.25, 0.3) is 0 Å². The van der Waals surface area contributed by atoms with Gasteiger partial charge >= 0.3 is 12.2 Å². The lowest BCUT2D eigenvalue weighted by Crippen LogP contribution is -2.51. The Morgan fingerprint density at radius 3 is 1.93 bits per heavy atom. The standard InChI is InChI=1S/C53H60FN9O8/c1-27(2)45(59-52(66)68-6)49(64)61-18-8-10-39(61)47-55-25-36(57-47)31-16-17-38-34(20-31)22-41-44-35(54)21-33(24-43(44)71-51(63(38)41)32-15-14-30-13-12-29(5)70-42(30)23-32)37-26-56-48(58-37)40-11-9-19-62(40)50(65)46(28(3)4)60-53(67)69-7/h14-17,20-29,39-40,45-46,51H,8-13,18-19H2,1-7H3,(H,55,57)(H,56,58)(H,59,66)(H,60,67)/t29?,39-,40-,45-,46-,51?/m0/s1. The van der Waals surface area contributed by atoms with Crippen LogP contribution in [0.3, 0.4) is 0 Å². The third kappa shape index (κ3) is 8.81. The van der Waals surface area contributed by atoms with Crippen LogP contribution in [0, 0.1) is 17.7 Å². The van der Waals surface area contributed by atoms with Gasteiger partial charge in [-0.3, -0.25) is 9.59 Å². The number of hydrogen-bond acceptors (Lipinski definition) is 10. The SMILES string of the molecule is COC(=O)N[C@H](C(=O)N1CCC[C@H]1c1ncc(-c2cc(F)c3c(c2)OC(c2ccc4c(c2)OC(C)CC4)n2c-3cc3cc(-c4cnc([C@@H]5CCCN5C(=O)[C@@H](NC(=O)OC)C(C)C)[nH]4)ccc32)[nH]1)C(C)C. The number of halogens is 1. The molecule has 18 heteroatoms. The van der Waals surface area contributed by atoms with Crippen LogP contribution in [0.2, 0.25) is 0 Å². The van der Waals surface area contributed by atoms with E-state index < -0.39 is 36.3 Å². The summed E-state index contributed by atoms with van der Waals surface area (Å²) in [6.07, 6.45) is 6.20. The molecular weight excluding hydrogens is 910 g/mol. The Balaban J connectivity index is 0.986. The first-order valence-corrected chi connectivity index (χ1v) is 24.6. The van der Waals surface area contributed by atoms with Gasteiger partial charge in [0.05, 0.1) is 73.0 Å². The van der Waals surface area contributed by atoms with Crippen molar-refractivity contribution >= 4 is 34.9 Å². The molecule has 3 aromatic heterocycles. The van der Waals surface area contributed by atoms with E-state index in [1.54, 1.807) is 22.2 Å². The van der Waals surface area contributed by atoms with Gasteiger partial charge in [-0.25, -0.2) is 23.9 Å². The van der Waals surface area contributed by atoms with E-state index in [9.17, 15) is 19.2 Å². The number of amides is 4. The topological polar surface area (TPSA) is 198 Å². The van der Waals surface area contributed by atoms with E-state index in [0.29, 0.717) is 65.8 Å². The highest BCUT2D eigenvalue weighted by Gasteiger charge is 2.40. The van der Waals surface area contributed by atoms with Gasteiger partial charge in [-0.15, -0.1) is 0 Å². The number of H-pyrrole nitrogens is 2. The normalized spacial score (nSPS) is 20.2. The molecule has 372 valence electrons. The fourth-order valence-corrected chi connectivity index (χ4v) is 10.7. The number of aromatic nitrogens is 5. The number of methoxy groups -OCH3 is 2. The Morgan fingerprint density at radius 2 is 1.34 bits per heavy atom. The van der Waals surface area contributed by atoms with Crippen LogP contribution < -0.4 is 20.1 Å². The van der Waals surface area contributed by atoms with Crippen LogP contribution in [0.1, 0.15) is 108 Å². The second-order valence-corrected chi connectivity index (χ2v) is 19.8. The summed E-state index contributed by atoms with van der Waals surface area (Å²) in [6.45, 7) is 10.6. The maximum Gasteiger partial charge on any atom is 0.407 e. The zero-order chi connectivity index (χ0) is 49.8. The highest BCUT2D eigenvalue weighted by atomic mass is 19.1. The second kappa shape index (κ2) is 19.1. The molecule has 4 aliphatic heterocycles. The van der Waals surface area contributed by atoms with Crippen LogP contribution in [0.25, 0.3) is 44.7 Å². The molecule has 0 bridgehead atoms. The lowest BCUT2D eigenvalue weighted by molar-refractivity contribution is -0.136. The summed E-state index contributed by atoms with van der Waals surface area (Å²) in [7, 11) is 2.54. The van der Waals surface area contributed by atoms with Crippen molar-refractivity contribution in [1.82, 2.24) is 44.9 Å². The molecule has 2 unspecified atom stereocenters. The third-order valence-corrected chi connectivity index (χ3v) is 14.4. The monoisotopic (exact) mass is 969 g/mol. The summed E-state index contributed by atoms with van der Waals surface area (Å²) in [6, 6.07) is 15.3. The number of carbonyl (C=O) groups is 4. The molecule has 6 atom stereocenters. The Hall–Kier alpha value is -7.37. The number of nitrogens with one attached hydrogen (secondary N) is 4. The van der Waals surface area contributed by atoms with E-state index in [2.05, 4.69) is 39.7 Å². The first kappa shape index (κ1) is 47.3. The van der Waals surface area contributed by atoms with Crippen molar-refractivity contribution in [2.45, 2.75) is 110 Å². The van der Waals surface area contributed by atoms with Crippen molar-refractivity contribution in [3.63, 3.8) is 0 Å². The lowest BCUT2D eigenvalue weighted by Gasteiger charge is -2.32. The molecular formula is C53H60FN9O8. The smallest absolute Gasteiger partial charge is 0.407 e. The molecule has 7 heterocycles. The number of ether oxygens (including phenoxy) is 4. The molecule has 4 aliphatic rings. The number of alkyl carbamates (subject to hydrolysis) is 2. The highest BCUT2D eigenvalue weighted by molar-refractivity contribution is 5.93. The summed E-state index contributed by atoms with van der Waals surface area (Å²) in [4.78, 5) is 71.9.